The van der Waals surface area contributed by atoms with E-state index in [4.69, 9.17) is 11.6 Å². The number of carbonyl (C=O) groups excluding carboxylic acids is 3. The topological polar surface area (TPSA) is 81.2 Å². The lowest BCUT2D eigenvalue weighted by molar-refractivity contribution is -0.142. The Kier molecular flexibility index (Phi) is 9.12. The van der Waals surface area contributed by atoms with Crippen molar-refractivity contribution in [1.82, 2.24) is 4.90 Å². The molecule has 3 aliphatic rings. The van der Waals surface area contributed by atoms with Crippen molar-refractivity contribution in [1.29, 1.82) is 0 Å². The van der Waals surface area contributed by atoms with Crippen molar-refractivity contribution in [2.24, 2.45) is 23.7 Å². The molecule has 1 N–H and O–H groups in total. The summed E-state index contributed by atoms with van der Waals surface area (Å²) in [5, 5.41) is 11.0. The number of anilines is 2. The Morgan fingerprint density at radius 3 is 2.19 bits per heavy atom. The van der Waals surface area contributed by atoms with Gasteiger partial charge in [0.1, 0.15) is 6.04 Å². The van der Waals surface area contributed by atoms with Crippen molar-refractivity contribution < 1.29 is 19.5 Å². The summed E-state index contributed by atoms with van der Waals surface area (Å²) in [6.45, 7) is 14.0. The molecule has 2 aromatic carbocycles. The summed E-state index contributed by atoms with van der Waals surface area (Å²) in [6.07, 6.45) is 4.07. The van der Waals surface area contributed by atoms with E-state index < -0.39 is 28.7 Å². The van der Waals surface area contributed by atoms with Crippen molar-refractivity contribution in [3.63, 3.8) is 0 Å². The predicted octanol–water partition coefficient (Wildman–Crippen LogP) is 5.43. The number of hydrogen-bond donors (Lipinski definition) is 1. The SMILES string of the molecule is C=CCN(C(=O)C1N([C@@H](CO)C(C)C)C(=O)[C@@H]2[C@H](C(=O)N(CC=C)c3ccccc3)[C@@H]3CC(C)C12S3)c1ccc(Cl)cc1. The van der Waals surface area contributed by atoms with Crippen LogP contribution < -0.4 is 9.80 Å². The lowest BCUT2D eigenvalue weighted by Gasteiger charge is -2.43. The molecular weight excluding hydrogens is 582 g/mol. The zero-order chi connectivity index (χ0) is 31.1. The second-order valence-corrected chi connectivity index (χ2v) is 14.1. The Hall–Kier alpha value is -3.07. The number of rotatable bonds is 11. The van der Waals surface area contributed by atoms with Crippen LogP contribution in [0.1, 0.15) is 27.2 Å². The summed E-state index contributed by atoms with van der Waals surface area (Å²) in [6, 6.07) is 15.0. The molecule has 7 atom stereocenters. The number of likely N-dealkylation sites (tertiary alicyclic amines) is 1. The molecule has 9 heteroatoms. The highest BCUT2D eigenvalue weighted by atomic mass is 35.5. The normalized spacial score (nSPS) is 28.1. The third-order valence-electron chi connectivity index (χ3n) is 9.38. The van der Waals surface area contributed by atoms with Crippen LogP contribution in [0.5, 0.6) is 0 Å². The second kappa shape index (κ2) is 12.5. The van der Waals surface area contributed by atoms with Gasteiger partial charge in [-0.25, -0.2) is 0 Å². The van der Waals surface area contributed by atoms with Gasteiger partial charge in [0.05, 0.1) is 29.2 Å². The molecule has 3 heterocycles. The van der Waals surface area contributed by atoms with E-state index in [1.54, 1.807) is 62.9 Å². The quantitative estimate of drug-likeness (QED) is 0.338. The maximum atomic E-state index is 14.9. The first kappa shape index (κ1) is 31.4. The van der Waals surface area contributed by atoms with Gasteiger partial charge in [0.15, 0.2) is 0 Å². The van der Waals surface area contributed by atoms with Crippen molar-refractivity contribution in [3.8, 4) is 0 Å². The number of amides is 3. The standard InChI is InChI=1S/C34H40ClN3O4S/c1-6-17-36(24-11-9-8-10-12-24)31(40)28-27-19-22(5)34(43-27)29(28)32(41)38(26(20-39)21(3)4)30(34)33(42)37(18-7-2)25-15-13-23(35)14-16-25/h6-16,21-22,26-30,39H,1-2,17-20H2,3-5H3/t22?,26-,27-,28+,29-,30?,34?/m0/s1. The molecule has 228 valence electrons. The highest BCUT2D eigenvalue weighted by molar-refractivity contribution is 8.02. The van der Waals surface area contributed by atoms with E-state index >= 15 is 0 Å². The molecular formula is C34H40ClN3O4S. The summed E-state index contributed by atoms with van der Waals surface area (Å²) in [5.41, 5.74) is 1.39. The summed E-state index contributed by atoms with van der Waals surface area (Å²) >= 11 is 7.80. The smallest absolute Gasteiger partial charge is 0.251 e. The van der Waals surface area contributed by atoms with E-state index in [-0.39, 0.29) is 48.0 Å². The zero-order valence-corrected chi connectivity index (χ0v) is 26.5. The van der Waals surface area contributed by atoms with Gasteiger partial charge in [0, 0.05) is 34.7 Å². The number of benzene rings is 2. The highest BCUT2D eigenvalue weighted by Crippen LogP contribution is 2.69. The van der Waals surface area contributed by atoms with Crippen LogP contribution in [0.3, 0.4) is 0 Å². The van der Waals surface area contributed by atoms with Crippen LogP contribution in [-0.4, -0.2) is 69.5 Å². The van der Waals surface area contributed by atoms with E-state index in [0.717, 1.165) is 5.69 Å². The predicted molar refractivity (Wildman–Crippen MR) is 174 cm³/mol. The van der Waals surface area contributed by atoms with Crippen molar-refractivity contribution in [2.45, 2.75) is 49.3 Å². The average molecular weight is 622 g/mol. The fourth-order valence-corrected chi connectivity index (χ4v) is 9.98. The van der Waals surface area contributed by atoms with Gasteiger partial charge in [0.2, 0.25) is 11.8 Å². The third kappa shape index (κ3) is 5.11. The number of nitrogens with zero attached hydrogens (tertiary/aromatic N) is 3. The Labute approximate surface area is 263 Å². The molecule has 3 aliphatic heterocycles. The maximum absolute atomic E-state index is 14.9. The van der Waals surface area contributed by atoms with Gasteiger partial charge < -0.3 is 19.8 Å². The molecule has 1 spiro atoms. The lowest BCUT2D eigenvalue weighted by Crippen LogP contribution is -2.60. The fraction of sp³-hybridized carbons (Fsp3) is 0.441. The molecule has 5 rings (SSSR count). The first-order valence-corrected chi connectivity index (χ1v) is 16.1. The Balaban J connectivity index is 1.64. The monoisotopic (exact) mass is 621 g/mol. The van der Waals surface area contributed by atoms with Gasteiger partial charge in [-0.1, -0.05) is 62.7 Å². The minimum atomic E-state index is -0.868. The van der Waals surface area contributed by atoms with Gasteiger partial charge in [-0.15, -0.1) is 24.9 Å². The van der Waals surface area contributed by atoms with E-state index in [1.807, 2.05) is 44.2 Å². The number of thioether (sulfide) groups is 1. The molecule has 0 aliphatic carbocycles. The third-order valence-corrected chi connectivity index (χ3v) is 11.7. The largest absolute Gasteiger partial charge is 0.394 e. The molecule has 0 saturated carbocycles. The Morgan fingerprint density at radius 2 is 1.63 bits per heavy atom. The Morgan fingerprint density at radius 1 is 1.05 bits per heavy atom. The van der Waals surface area contributed by atoms with E-state index in [0.29, 0.717) is 23.7 Å². The lowest BCUT2D eigenvalue weighted by atomic mass is 9.65. The van der Waals surface area contributed by atoms with Crippen LogP contribution in [-0.2, 0) is 14.4 Å². The van der Waals surface area contributed by atoms with Gasteiger partial charge in [-0.05, 0) is 54.7 Å². The van der Waals surface area contributed by atoms with Crippen LogP contribution >= 0.6 is 23.4 Å². The van der Waals surface area contributed by atoms with Crippen molar-refractivity contribution >= 4 is 52.5 Å². The first-order chi connectivity index (χ1) is 20.6. The molecule has 2 aromatic rings. The van der Waals surface area contributed by atoms with Crippen molar-refractivity contribution in [3.05, 3.63) is 84.9 Å². The number of aliphatic hydroxyl groups excluding tert-OH is 1. The van der Waals surface area contributed by atoms with Gasteiger partial charge in [-0.3, -0.25) is 14.4 Å². The molecule has 3 saturated heterocycles. The van der Waals surface area contributed by atoms with E-state index in [2.05, 4.69) is 20.1 Å². The van der Waals surface area contributed by atoms with E-state index in [9.17, 15) is 19.5 Å². The van der Waals surface area contributed by atoms with Crippen LogP contribution in [0.15, 0.2) is 79.9 Å². The molecule has 0 radical (unpaired) electrons. The number of halogens is 1. The molecule has 2 bridgehead atoms. The number of aliphatic hydroxyl groups is 1. The van der Waals surface area contributed by atoms with Gasteiger partial charge >= 0.3 is 0 Å². The average Bonchev–Trinajstić information content (AvgIpc) is 3.59. The maximum Gasteiger partial charge on any atom is 0.251 e. The number of carbonyl (C=O) groups is 3. The summed E-state index contributed by atoms with van der Waals surface area (Å²) < 4.78 is -0.830. The second-order valence-electron chi connectivity index (χ2n) is 12.1. The van der Waals surface area contributed by atoms with Crippen LogP contribution in [0.25, 0.3) is 0 Å². The number of hydrogen-bond acceptors (Lipinski definition) is 5. The van der Waals surface area contributed by atoms with Crippen LogP contribution in [0, 0.1) is 23.7 Å². The van der Waals surface area contributed by atoms with Crippen molar-refractivity contribution in [2.75, 3.05) is 29.5 Å². The zero-order valence-electron chi connectivity index (χ0n) is 24.9. The summed E-state index contributed by atoms with van der Waals surface area (Å²) in [5.74, 6) is -2.03. The summed E-state index contributed by atoms with van der Waals surface area (Å²) in [7, 11) is 0. The molecule has 3 fully saturated rings. The fourth-order valence-electron chi connectivity index (χ4n) is 7.46. The van der Waals surface area contributed by atoms with Gasteiger partial charge in [-0.2, -0.15) is 0 Å². The van der Waals surface area contributed by atoms with E-state index in [1.165, 1.54) is 0 Å². The minimum Gasteiger partial charge on any atom is -0.394 e. The van der Waals surface area contributed by atoms with Crippen LogP contribution in [0.4, 0.5) is 11.4 Å². The minimum absolute atomic E-state index is 0.00802. The number of para-hydroxylation sites is 1. The van der Waals surface area contributed by atoms with Gasteiger partial charge in [0.25, 0.3) is 5.91 Å². The molecule has 0 aromatic heterocycles. The summed E-state index contributed by atoms with van der Waals surface area (Å²) in [4.78, 5) is 49.1. The number of fused-ring (bicyclic) bond motifs is 1. The molecule has 3 amide bonds. The highest BCUT2D eigenvalue weighted by Gasteiger charge is 2.77. The first-order valence-electron chi connectivity index (χ1n) is 14.9. The molecule has 7 nitrogen and oxygen atoms in total. The molecule has 43 heavy (non-hydrogen) atoms. The Bertz CT molecular complexity index is 1390. The molecule has 3 unspecified atom stereocenters. The van der Waals surface area contributed by atoms with Crippen LogP contribution in [0.2, 0.25) is 5.02 Å².